The van der Waals surface area contributed by atoms with Crippen LogP contribution in [0.4, 0.5) is 0 Å². The first-order valence-electron chi connectivity index (χ1n) is 12.8. The quantitative estimate of drug-likeness (QED) is 0.317. The Kier molecular flexibility index (Phi) is 9.04. The molecule has 10 heteroatoms. The molecule has 0 unspecified atom stereocenters. The third-order valence-corrected chi connectivity index (χ3v) is 6.32. The van der Waals surface area contributed by atoms with Crippen LogP contribution in [0.3, 0.4) is 0 Å². The third kappa shape index (κ3) is 5.69. The standard InChI is InChI=1S/C28H34O10/c1-5-7-9-21(29)33-13-17-11-19(31-3)25-27(37-15-35-25)23(17)24-18(14-34-22(30)10-8-6-2)12-20(32-4)26-28(24)38-16-36-26/h11-12H,5-10,13-16H2,1-4H3. The van der Waals surface area contributed by atoms with Gasteiger partial charge in [-0.05, 0) is 25.0 Å². The average Bonchev–Trinajstić information content (AvgIpc) is 3.62. The van der Waals surface area contributed by atoms with E-state index < -0.39 is 0 Å². The highest BCUT2D eigenvalue weighted by Crippen LogP contribution is 2.56. The van der Waals surface area contributed by atoms with Crippen molar-refractivity contribution >= 4 is 11.9 Å². The lowest BCUT2D eigenvalue weighted by Gasteiger charge is -2.20. The summed E-state index contributed by atoms with van der Waals surface area (Å²) in [6, 6.07) is 3.50. The predicted molar refractivity (Wildman–Crippen MR) is 136 cm³/mol. The van der Waals surface area contributed by atoms with E-state index >= 15 is 0 Å². The maximum absolute atomic E-state index is 12.4. The Morgan fingerprint density at radius 3 is 1.45 bits per heavy atom. The number of hydrogen-bond donors (Lipinski definition) is 0. The Morgan fingerprint density at radius 2 is 1.08 bits per heavy atom. The van der Waals surface area contributed by atoms with Crippen molar-refractivity contribution in [3.8, 4) is 45.6 Å². The molecule has 10 nitrogen and oxygen atoms in total. The number of methoxy groups -OCH3 is 2. The predicted octanol–water partition coefficient (Wildman–Crippen LogP) is 5.30. The zero-order chi connectivity index (χ0) is 27.1. The molecular weight excluding hydrogens is 496 g/mol. The van der Waals surface area contributed by atoms with Crippen LogP contribution in [0.2, 0.25) is 0 Å². The molecule has 2 aliphatic rings. The van der Waals surface area contributed by atoms with Gasteiger partial charge in [0, 0.05) is 35.1 Å². The minimum atomic E-state index is -0.306. The average molecular weight is 531 g/mol. The van der Waals surface area contributed by atoms with Gasteiger partial charge in [-0.2, -0.15) is 0 Å². The maximum atomic E-state index is 12.4. The van der Waals surface area contributed by atoms with Crippen LogP contribution in [-0.2, 0) is 32.3 Å². The van der Waals surface area contributed by atoms with E-state index in [-0.39, 0.29) is 38.7 Å². The minimum absolute atomic E-state index is 0.0184. The Labute approximate surface area is 222 Å². The molecule has 0 spiro atoms. The van der Waals surface area contributed by atoms with Gasteiger partial charge in [-0.25, -0.2) is 0 Å². The molecule has 206 valence electrons. The van der Waals surface area contributed by atoms with Gasteiger partial charge in [-0.1, -0.05) is 26.7 Å². The fraction of sp³-hybridized carbons (Fsp3) is 0.500. The van der Waals surface area contributed by atoms with Crippen molar-refractivity contribution in [1.82, 2.24) is 0 Å². The van der Waals surface area contributed by atoms with Crippen LogP contribution < -0.4 is 28.4 Å². The summed E-state index contributed by atoms with van der Waals surface area (Å²) in [4.78, 5) is 24.8. The van der Waals surface area contributed by atoms with Crippen LogP contribution in [0.5, 0.6) is 34.5 Å². The second-order valence-electron chi connectivity index (χ2n) is 8.88. The van der Waals surface area contributed by atoms with E-state index in [0.29, 0.717) is 69.6 Å². The maximum Gasteiger partial charge on any atom is 0.306 e. The minimum Gasteiger partial charge on any atom is -0.493 e. The Bertz CT molecular complexity index is 1080. The Hall–Kier alpha value is -3.82. The van der Waals surface area contributed by atoms with Crippen LogP contribution in [0, 0.1) is 0 Å². The Balaban J connectivity index is 1.84. The fourth-order valence-electron chi connectivity index (χ4n) is 4.36. The van der Waals surface area contributed by atoms with Crippen LogP contribution >= 0.6 is 0 Å². The zero-order valence-corrected chi connectivity index (χ0v) is 22.3. The van der Waals surface area contributed by atoms with Crippen molar-refractivity contribution in [2.24, 2.45) is 0 Å². The van der Waals surface area contributed by atoms with Crippen LogP contribution in [-0.4, -0.2) is 39.7 Å². The van der Waals surface area contributed by atoms with Crippen molar-refractivity contribution in [2.45, 2.75) is 65.6 Å². The number of carbonyl (C=O) groups is 2. The number of fused-ring (bicyclic) bond motifs is 2. The number of esters is 2. The molecule has 2 aromatic rings. The van der Waals surface area contributed by atoms with E-state index in [4.69, 9.17) is 37.9 Å². The molecule has 0 saturated carbocycles. The lowest BCUT2D eigenvalue weighted by molar-refractivity contribution is -0.146. The number of unbranched alkanes of at least 4 members (excludes halogenated alkanes) is 2. The number of ether oxygens (including phenoxy) is 8. The molecular formula is C28H34O10. The second-order valence-corrected chi connectivity index (χ2v) is 8.88. The molecule has 2 heterocycles. The number of hydrogen-bond acceptors (Lipinski definition) is 10. The van der Waals surface area contributed by atoms with E-state index in [1.165, 1.54) is 14.2 Å². The molecule has 0 radical (unpaired) electrons. The number of benzene rings is 2. The summed E-state index contributed by atoms with van der Waals surface area (Å²) < 4.78 is 45.6. The molecule has 0 amide bonds. The molecule has 0 aliphatic carbocycles. The van der Waals surface area contributed by atoms with Crippen molar-refractivity contribution < 1.29 is 47.5 Å². The fourth-order valence-corrected chi connectivity index (χ4v) is 4.36. The van der Waals surface area contributed by atoms with Crippen molar-refractivity contribution in [3.63, 3.8) is 0 Å². The summed E-state index contributed by atoms with van der Waals surface area (Å²) >= 11 is 0. The summed E-state index contributed by atoms with van der Waals surface area (Å²) in [5.41, 5.74) is 2.37. The normalized spacial score (nSPS) is 12.8. The molecule has 0 saturated heterocycles. The first kappa shape index (κ1) is 27.2. The third-order valence-electron chi connectivity index (χ3n) is 6.32. The summed E-state index contributed by atoms with van der Waals surface area (Å²) in [7, 11) is 3.05. The van der Waals surface area contributed by atoms with Gasteiger partial charge in [-0.15, -0.1) is 0 Å². The van der Waals surface area contributed by atoms with Gasteiger partial charge in [0.25, 0.3) is 0 Å². The monoisotopic (exact) mass is 530 g/mol. The molecule has 0 fully saturated rings. The van der Waals surface area contributed by atoms with Crippen LogP contribution in [0.1, 0.15) is 63.5 Å². The van der Waals surface area contributed by atoms with Crippen LogP contribution in [0.25, 0.3) is 11.1 Å². The topological polar surface area (TPSA) is 108 Å². The summed E-state index contributed by atoms with van der Waals surface area (Å²) in [5.74, 6) is 1.91. The van der Waals surface area contributed by atoms with Gasteiger partial charge in [0.05, 0.1) is 14.2 Å². The van der Waals surface area contributed by atoms with Gasteiger partial charge in [0.2, 0.25) is 25.1 Å². The lowest BCUT2D eigenvalue weighted by atomic mass is 9.92. The van der Waals surface area contributed by atoms with Crippen molar-refractivity contribution in [3.05, 3.63) is 23.3 Å². The van der Waals surface area contributed by atoms with Gasteiger partial charge in [0.1, 0.15) is 13.2 Å². The van der Waals surface area contributed by atoms with E-state index in [0.717, 1.165) is 25.7 Å². The highest BCUT2D eigenvalue weighted by atomic mass is 16.7. The van der Waals surface area contributed by atoms with Crippen molar-refractivity contribution in [2.75, 3.05) is 27.8 Å². The van der Waals surface area contributed by atoms with E-state index in [1.54, 1.807) is 12.1 Å². The summed E-state index contributed by atoms with van der Waals surface area (Å²) in [6.07, 6.45) is 3.88. The molecule has 0 N–H and O–H groups in total. The summed E-state index contributed by atoms with van der Waals surface area (Å²) in [6.45, 7) is 3.91. The largest absolute Gasteiger partial charge is 0.493 e. The zero-order valence-electron chi connectivity index (χ0n) is 22.3. The molecule has 4 rings (SSSR count). The smallest absolute Gasteiger partial charge is 0.306 e. The van der Waals surface area contributed by atoms with Gasteiger partial charge < -0.3 is 37.9 Å². The van der Waals surface area contributed by atoms with Gasteiger partial charge >= 0.3 is 11.9 Å². The first-order valence-corrected chi connectivity index (χ1v) is 12.8. The SMILES string of the molecule is CCCCC(=O)OCc1cc(OC)c2c(c1-c1c(COC(=O)CCCC)cc(OC)c3c1OCO3)OCO2. The molecule has 0 atom stereocenters. The highest BCUT2D eigenvalue weighted by molar-refractivity contribution is 5.89. The number of rotatable bonds is 13. The van der Waals surface area contributed by atoms with Gasteiger partial charge in [0.15, 0.2) is 23.0 Å². The van der Waals surface area contributed by atoms with E-state index in [2.05, 4.69) is 0 Å². The molecule has 0 aromatic heterocycles. The van der Waals surface area contributed by atoms with E-state index in [1.807, 2.05) is 13.8 Å². The molecule has 0 bridgehead atoms. The van der Waals surface area contributed by atoms with E-state index in [9.17, 15) is 9.59 Å². The highest BCUT2D eigenvalue weighted by Gasteiger charge is 2.34. The Morgan fingerprint density at radius 1 is 0.684 bits per heavy atom. The first-order chi connectivity index (χ1) is 18.5. The molecule has 2 aromatic carbocycles. The summed E-state index contributed by atoms with van der Waals surface area (Å²) in [5, 5.41) is 0. The number of carbonyl (C=O) groups excluding carboxylic acids is 2. The van der Waals surface area contributed by atoms with Crippen molar-refractivity contribution in [1.29, 1.82) is 0 Å². The van der Waals surface area contributed by atoms with Gasteiger partial charge in [-0.3, -0.25) is 9.59 Å². The molecule has 2 aliphatic heterocycles. The lowest BCUT2D eigenvalue weighted by Crippen LogP contribution is -2.08. The molecule has 38 heavy (non-hydrogen) atoms. The van der Waals surface area contributed by atoms with Crippen LogP contribution in [0.15, 0.2) is 12.1 Å². The second kappa shape index (κ2) is 12.6.